The minimum absolute atomic E-state index is 0.0878. The molecule has 0 aliphatic carbocycles. The maximum Gasteiger partial charge on any atom is 0.226 e. The number of ether oxygens (including phenoxy) is 2. The van der Waals surface area contributed by atoms with Gasteiger partial charge < -0.3 is 14.8 Å². The quantitative estimate of drug-likeness (QED) is 0.652. The number of carbonyl (C=O) groups excluding carboxylic acids is 1. The highest BCUT2D eigenvalue weighted by molar-refractivity contribution is 7.12. The second kappa shape index (κ2) is 8.48. The molecule has 2 aromatic heterocycles. The van der Waals surface area contributed by atoms with Crippen LogP contribution in [-0.4, -0.2) is 29.7 Å². The Balaban J connectivity index is 1.70. The first-order chi connectivity index (χ1) is 13.4. The zero-order chi connectivity index (χ0) is 20.3. The van der Waals surface area contributed by atoms with E-state index in [1.54, 1.807) is 14.2 Å². The van der Waals surface area contributed by atoms with E-state index in [-0.39, 0.29) is 18.4 Å². The molecular weight excluding hydrogens is 374 g/mol. The van der Waals surface area contributed by atoms with Gasteiger partial charge in [-0.2, -0.15) is 0 Å². The molecule has 3 aromatic rings. The number of thiazole rings is 1. The fraction of sp³-hybridized carbons (Fsp3) is 0.333. The van der Waals surface area contributed by atoms with Crippen LogP contribution in [0.3, 0.4) is 0 Å². The van der Waals surface area contributed by atoms with Gasteiger partial charge in [-0.05, 0) is 51.1 Å². The molecule has 28 heavy (non-hydrogen) atoms. The summed E-state index contributed by atoms with van der Waals surface area (Å²) in [5.41, 5.74) is 3.88. The van der Waals surface area contributed by atoms with Gasteiger partial charge in [-0.3, -0.25) is 9.36 Å². The largest absolute Gasteiger partial charge is 0.497 e. The average Bonchev–Trinajstić information content (AvgIpc) is 3.26. The van der Waals surface area contributed by atoms with Gasteiger partial charge in [0, 0.05) is 22.3 Å². The lowest BCUT2D eigenvalue weighted by Crippen LogP contribution is -2.28. The Bertz CT molecular complexity index is 958. The highest BCUT2D eigenvalue weighted by atomic mass is 32.1. The Labute approximate surface area is 169 Å². The lowest BCUT2D eigenvalue weighted by atomic mass is 10.1. The standard InChI is InChI=1S/C21H25N3O3S/c1-13-6-7-14(2)24(13)21-23-16(12-28-21)10-20(25)22-15(3)18-11-17(26-4)8-9-19(18)27-5/h6-9,11-12,15H,10H2,1-5H3,(H,22,25)/t15-/m1/s1. The van der Waals surface area contributed by atoms with Gasteiger partial charge in [-0.25, -0.2) is 4.98 Å². The highest BCUT2D eigenvalue weighted by Crippen LogP contribution is 2.29. The van der Waals surface area contributed by atoms with Crippen molar-refractivity contribution in [3.63, 3.8) is 0 Å². The molecule has 3 rings (SSSR count). The second-order valence-electron chi connectivity index (χ2n) is 6.65. The zero-order valence-corrected chi connectivity index (χ0v) is 17.6. The van der Waals surface area contributed by atoms with E-state index in [2.05, 4.69) is 27.0 Å². The summed E-state index contributed by atoms with van der Waals surface area (Å²) in [6, 6.07) is 9.45. The third-order valence-electron chi connectivity index (χ3n) is 4.62. The predicted octanol–water partition coefficient (Wildman–Crippen LogP) is 3.99. The van der Waals surface area contributed by atoms with Crippen LogP contribution in [0.4, 0.5) is 0 Å². The number of benzene rings is 1. The van der Waals surface area contributed by atoms with Gasteiger partial charge in [-0.15, -0.1) is 11.3 Å². The molecule has 1 amide bonds. The Morgan fingerprint density at radius 3 is 2.54 bits per heavy atom. The molecule has 1 atom stereocenters. The van der Waals surface area contributed by atoms with Crippen molar-refractivity contribution in [2.45, 2.75) is 33.2 Å². The van der Waals surface area contributed by atoms with E-state index < -0.39 is 0 Å². The van der Waals surface area contributed by atoms with Crippen molar-refractivity contribution in [1.29, 1.82) is 0 Å². The number of methoxy groups -OCH3 is 2. The van der Waals surface area contributed by atoms with Gasteiger partial charge >= 0.3 is 0 Å². The molecule has 0 aliphatic rings. The van der Waals surface area contributed by atoms with Gasteiger partial charge in [0.15, 0.2) is 5.13 Å². The number of amides is 1. The van der Waals surface area contributed by atoms with Crippen molar-refractivity contribution in [3.05, 3.63) is 58.4 Å². The van der Waals surface area contributed by atoms with Gasteiger partial charge in [0.1, 0.15) is 11.5 Å². The molecule has 7 heteroatoms. The molecule has 0 fully saturated rings. The maximum atomic E-state index is 12.6. The SMILES string of the molecule is COc1ccc(OC)c([C@@H](C)NC(=O)Cc2csc(-n3c(C)ccc3C)n2)c1. The molecule has 0 saturated heterocycles. The van der Waals surface area contributed by atoms with E-state index in [1.165, 1.54) is 11.3 Å². The number of rotatable bonds is 7. The summed E-state index contributed by atoms with van der Waals surface area (Å²) in [6.07, 6.45) is 0.229. The van der Waals surface area contributed by atoms with E-state index in [0.29, 0.717) is 5.75 Å². The molecule has 0 radical (unpaired) electrons. The number of carbonyl (C=O) groups is 1. The highest BCUT2D eigenvalue weighted by Gasteiger charge is 2.17. The Kier molecular flexibility index (Phi) is 6.04. The molecule has 0 aliphatic heterocycles. The van der Waals surface area contributed by atoms with Crippen molar-refractivity contribution in [2.24, 2.45) is 0 Å². The fourth-order valence-electron chi connectivity index (χ4n) is 3.16. The van der Waals surface area contributed by atoms with Crippen molar-refractivity contribution >= 4 is 17.2 Å². The minimum Gasteiger partial charge on any atom is -0.497 e. The monoisotopic (exact) mass is 399 g/mol. The lowest BCUT2D eigenvalue weighted by Gasteiger charge is -2.18. The maximum absolute atomic E-state index is 12.6. The summed E-state index contributed by atoms with van der Waals surface area (Å²) in [5.74, 6) is 1.34. The van der Waals surface area contributed by atoms with Crippen LogP contribution < -0.4 is 14.8 Å². The number of aryl methyl sites for hydroxylation is 2. The van der Waals surface area contributed by atoms with E-state index in [4.69, 9.17) is 9.47 Å². The van der Waals surface area contributed by atoms with Gasteiger partial charge in [0.2, 0.25) is 5.91 Å². The van der Waals surface area contributed by atoms with Crippen molar-refractivity contribution in [1.82, 2.24) is 14.9 Å². The average molecular weight is 400 g/mol. The predicted molar refractivity (Wildman–Crippen MR) is 111 cm³/mol. The van der Waals surface area contributed by atoms with Crippen LogP contribution in [-0.2, 0) is 11.2 Å². The minimum atomic E-state index is -0.218. The van der Waals surface area contributed by atoms with E-state index in [0.717, 1.165) is 33.5 Å². The Morgan fingerprint density at radius 1 is 1.18 bits per heavy atom. The summed E-state index contributed by atoms with van der Waals surface area (Å²) in [5, 5.41) is 5.84. The van der Waals surface area contributed by atoms with Crippen molar-refractivity contribution < 1.29 is 14.3 Å². The third-order valence-corrected chi connectivity index (χ3v) is 5.50. The summed E-state index contributed by atoms with van der Waals surface area (Å²) in [4.78, 5) is 17.2. The molecule has 0 bridgehead atoms. The first-order valence-electron chi connectivity index (χ1n) is 9.04. The number of hydrogen-bond donors (Lipinski definition) is 1. The van der Waals surface area contributed by atoms with Crippen LogP contribution in [0, 0.1) is 13.8 Å². The van der Waals surface area contributed by atoms with Gasteiger partial charge in [0.25, 0.3) is 0 Å². The van der Waals surface area contributed by atoms with Crippen LogP contribution in [0.2, 0.25) is 0 Å². The molecular formula is C21H25N3O3S. The van der Waals surface area contributed by atoms with Gasteiger partial charge in [-0.1, -0.05) is 0 Å². The van der Waals surface area contributed by atoms with Crippen LogP contribution in [0.25, 0.3) is 5.13 Å². The second-order valence-corrected chi connectivity index (χ2v) is 7.48. The smallest absolute Gasteiger partial charge is 0.226 e. The van der Waals surface area contributed by atoms with Crippen molar-refractivity contribution in [2.75, 3.05) is 14.2 Å². The van der Waals surface area contributed by atoms with Gasteiger partial charge in [0.05, 0.1) is 32.4 Å². The Morgan fingerprint density at radius 2 is 1.89 bits per heavy atom. The Hall–Kier alpha value is -2.80. The van der Waals surface area contributed by atoms with Crippen molar-refractivity contribution in [3.8, 4) is 16.6 Å². The number of nitrogens with one attached hydrogen (secondary N) is 1. The first-order valence-corrected chi connectivity index (χ1v) is 9.92. The van der Waals surface area contributed by atoms with Crippen LogP contribution >= 0.6 is 11.3 Å². The fourth-order valence-corrected chi connectivity index (χ4v) is 4.10. The summed E-state index contributed by atoms with van der Waals surface area (Å²) < 4.78 is 12.8. The molecule has 148 valence electrons. The molecule has 0 unspecified atom stereocenters. The molecule has 1 aromatic carbocycles. The normalized spacial score (nSPS) is 11.9. The topological polar surface area (TPSA) is 65.4 Å². The van der Waals surface area contributed by atoms with Crippen LogP contribution in [0.15, 0.2) is 35.7 Å². The van der Waals surface area contributed by atoms with Crippen LogP contribution in [0.5, 0.6) is 11.5 Å². The molecule has 2 heterocycles. The van der Waals surface area contributed by atoms with E-state index >= 15 is 0 Å². The number of nitrogens with zero attached hydrogens (tertiary/aromatic N) is 2. The molecule has 1 N–H and O–H groups in total. The summed E-state index contributed by atoms with van der Waals surface area (Å²) in [7, 11) is 3.23. The summed E-state index contributed by atoms with van der Waals surface area (Å²) >= 11 is 1.54. The number of hydrogen-bond acceptors (Lipinski definition) is 5. The molecule has 0 spiro atoms. The third kappa shape index (κ3) is 4.20. The summed E-state index contributed by atoms with van der Waals surface area (Å²) in [6.45, 7) is 6.02. The van der Waals surface area contributed by atoms with E-state index in [1.807, 2.05) is 44.4 Å². The zero-order valence-electron chi connectivity index (χ0n) is 16.8. The molecule has 0 saturated carbocycles. The molecule has 6 nitrogen and oxygen atoms in total. The van der Waals surface area contributed by atoms with Crippen LogP contribution in [0.1, 0.15) is 35.6 Å². The number of aromatic nitrogens is 2. The lowest BCUT2D eigenvalue weighted by molar-refractivity contribution is -0.121. The first kappa shape index (κ1) is 19.9. The van der Waals surface area contributed by atoms with E-state index in [9.17, 15) is 4.79 Å².